The molecule has 1 fully saturated rings. The summed E-state index contributed by atoms with van der Waals surface area (Å²) >= 11 is 0. The third kappa shape index (κ3) is 6.27. The Kier molecular flexibility index (Phi) is 8.89. The number of nitrogens with one attached hydrogen (secondary N) is 2. The Morgan fingerprint density at radius 3 is 3.08 bits per heavy atom. The zero-order valence-electron chi connectivity index (χ0n) is 15.1. The zero-order valence-corrected chi connectivity index (χ0v) is 17.4. The lowest BCUT2D eigenvalue weighted by Crippen LogP contribution is -2.41. The molecule has 1 aliphatic heterocycles. The van der Waals surface area contributed by atoms with Crippen molar-refractivity contribution in [2.45, 2.75) is 32.9 Å². The Hall–Kier alpha value is -1.62. The molecule has 2 N–H and O–H groups in total. The third-order valence-corrected chi connectivity index (χ3v) is 4.21. The maximum atomic E-state index is 5.43. The molecule has 3 heterocycles. The topological polar surface area (TPSA) is 89.5 Å². The van der Waals surface area contributed by atoms with Crippen molar-refractivity contribution < 1.29 is 9.15 Å². The van der Waals surface area contributed by atoms with E-state index in [1.54, 1.807) is 12.6 Å². The van der Waals surface area contributed by atoms with Crippen LogP contribution >= 0.6 is 24.0 Å². The standard InChI is InChI=1S/C17H26N6O2.HI/c1-2-16-22-21-13-23(16)7-6-18-17(19-10-14-5-9-24-12-14)20-11-15-4-3-8-25-15;/h3-4,8,13-14H,2,5-7,9-12H2,1H3,(H2,18,19,20);1H. The van der Waals surface area contributed by atoms with Crippen LogP contribution in [0.15, 0.2) is 34.1 Å². The smallest absolute Gasteiger partial charge is 0.191 e. The number of hydrogen-bond donors (Lipinski definition) is 2. The number of aliphatic imine (C=N–C) groups is 1. The van der Waals surface area contributed by atoms with E-state index in [4.69, 9.17) is 9.15 Å². The van der Waals surface area contributed by atoms with E-state index in [0.717, 1.165) is 63.2 Å². The minimum atomic E-state index is 0. The molecule has 3 rings (SSSR count). The van der Waals surface area contributed by atoms with E-state index in [9.17, 15) is 0 Å². The molecule has 144 valence electrons. The largest absolute Gasteiger partial charge is 0.467 e. The quantitative estimate of drug-likeness (QED) is 0.345. The van der Waals surface area contributed by atoms with E-state index >= 15 is 0 Å². The maximum absolute atomic E-state index is 5.43. The summed E-state index contributed by atoms with van der Waals surface area (Å²) in [6.07, 6.45) is 5.40. The number of halogens is 1. The van der Waals surface area contributed by atoms with Crippen molar-refractivity contribution in [3.63, 3.8) is 0 Å². The van der Waals surface area contributed by atoms with E-state index in [1.807, 2.05) is 12.1 Å². The normalized spacial score (nSPS) is 17.1. The second kappa shape index (κ2) is 11.2. The number of aromatic nitrogens is 3. The van der Waals surface area contributed by atoms with Gasteiger partial charge in [0, 0.05) is 38.6 Å². The van der Waals surface area contributed by atoms with Crippen LogP contribution in [0.4, 0.5) is 0 Å². The highest BCUT2D eigenvalue weighted by atomic mass is 127. The monoisotopic (exact) mass is 474 g/mol. The van der Waals surface area contributed by atoms with Gasteiger partial charge in [0.1, 0.15) is 24.5 Å². The minimum absolute atomic E-state index is 0. The molecule has 26 heavy (non-hydrogen) atoms. The van der Waals surface area contributed by atoms with Gasteiger partial charge in [-0.2, -0.15) is 0 Å². The molecule has 1 unspecified atom stereocenters. The first kappa shape index (κ1) is 20.7. The van der Waals surface area contributed by atoms with E-state index in [2.05, 4.69) is 37.3 Å². The number of aryl methyl sites for hydroxylation is 1. The van der Waals surface area contributed by atoms with Gasteiger partial charge in [-0.3, -0.25) is 0 Å². The number of ether oxygens (including phenoxy) is 1. The van der Waals surface area contributed by atoms with Crippen LogP contribution in [0.1, 0.15) is 24.9 Å². The molecule has 9 heteroatoms. The Morgan fingerprint density at radius 2 is 2.35 bits per heavy atom. The Balaban J connectivity index is 0.00000243. The van der Waals surface area contributed by atoms with Crippen LogP contribution in [-0.4, -0.2) is 47.0 Å². The van der Waals surface area contributed by atoms with Crippen LogP contribution in [-0.2, 0) is 24.2 Å². The van der Waals surface area contributed by atoms with Gasteiger partial charge in [0.05, 0.1) is 12.9 Å². The molecule has 0 spiro atoms. The SMILES string of the molecule is CCc1nncn1CCNC(=NCc1ccco1)NCC1CCOC1.I. The summed E-state index contributed by atoms with van der Waals surface area (Å²) < 4.78 is 12.8. The van der Waals surface area contributed by atoms with Crippen molar-refractivity contribution in [1.82, 2.24) is 25.4 Å². The number of nitrogens with zero attached hydrogens (tertiary/aromatic N) is 4. The third-order valence-electron chi connectivity index (χ3n) is 4.21. The van der Waals surface area contributed by atoms with Gasteiger partial charge in [-0.1, -0.05) is 6.92 Å². The van der Waals surface area contributed by atoms with Crippen LogP contribution in [0.5, 0.6) is 0 Å². The van der Waals surface area contributed by atoms with E-state index in [1.165, 1.54) is 0 Å². The number of guanidine groups is 1. The predicted molar refractivity (Wildman–Crippen MR) is 110 cm³/mol. The van der Waals surface area contributed by atoms with Crippen molar-refractivity contribution in [2.75, 3.05) is 26.3 Å². The molecule has 1 saturated heterocycles. The molecule has 0 radical (unpaired) electrons. The summed E-state index contributed by atoms with van der Waals surface area (Å²) in [7, 11) is 0. The summed E-state index contributed by atoms with van der Waals surface area (Å²) in [6, 6.07) is 3.80. The number of rotatable bonds is 8. The van der Waals surface area contributed by atoms with Gasteiger partial charge in [0.15, 0.2) is 5.96 Å². The van der Waals surface area contributed by atoms with E-state index < -0.39 is 0 Å². The number of hydrogen-bond acceptors (Lipinski definition) is 5. The van der Waals surface area contributed by atoms with Gasteiger partial charge in [0.25, 0.3) is 0 Å². The van der Waals surface area contributed by atoms with Crippen molar-refractivity contribution in [1.29, 1.82) is 0 Å². The first-order chi connectivity index (χ1) is 12.3. The average molecular weight is 474 g/mol. The first-order valence-electron chi connectivity index (χ1n) is 8.84. The van der Waals surface area contributed by atoms with Crippen molar-refractivity contribution >= 4 is 29.9 Å². The second-order valence-electron chi connectivity index (χ2n) is 6.08. The highest BCUT2D eigenvalue weighted by molar-refractivity contribution is 14.0. The molecule has 0 amide bonds. The lowest BCUT2D eigenvalue weighted by Gasteiger charge is -2.15. The van der Waals surface area contributed by atoms with E-state index in [0.29, 0.717) is 12.5 Å². The van der Waals surface area contributed by atoms with Gasteiger partial charge >= 0.3 is 0 Å². The Labute approximate surface area is 170 Å². The summed E-state index contributed by atoms with van der Waals surface area (Å²) in [5.74, 6) is 3.17. The molecular formula is C17H27IN6O2. The fourth-order valence-electron chi connectivity index (χ4n) is 2.75. The first-order valence-corrected chi connectivity index (χ1v) is 8.84. The minimum Gasteiger partial charge on any atom is -0.467 e. The predicted octanol–water partition coefficient (Wildman–Crippen LogP) is 1.82. The summed E-state index contributed by atoms with van der Waals surface area (Å²) in [5, 5.41) is 14.9. The summed E-state index contributed by atoms with van der Waals surface area (Å²) in [5.41, 5.74) is 0. The molecule has 2 aromatic heterocycles. The molecule has 0 aromatic carbocycles. The summed E-state index contributed by atoms with van der Waals surface area (Å²) in [6.45, 7) is 6.66. The van der Waals surface area contributed by atoms with Gasteiger partial charge in [-0.15, -0.1) is 34.2 Å². The fraction of sp³-hybridized carbons (Fsp3) is 0.588. The van der Waals surface area contributed by atoms with Crippen molar-refractivity contribution in [3.05, 3.63) is 36.3 Å². The second-order valence-corrected chi connectivity index (χ2v) is 6.08. The molecule has 1 aliphatic rings. The van der Waals surface area contributed by atoms with Crippen LogP contribution in [0.25, 0.3) is 0 Å². The van der Waals surface area contributed by atoms with Gasteiger partial charge in [-0.25, -0.2) is 4.99 Å². The molecule has 1 atom stereocenters. The highest BCUT2D eigenvalue weighted by Gasteiger charge is 2.15. The fourth-order valence-corrected chi connectivity index (χ4v) is 2.75. The van der Waals surface area contributed by atoms with E-state index in [-0.39, 0.29) is 24.0 Å². The average Bonchev–Trinajstić information content (AvgIpc) is 3.39. The van der Waals surface area contributed by atoms with Gasteiger partial charge < -0.3 is 24.4 Å². The summed E-state index contributed by atoms with van der Waals surface area (Å²) in [4.78, 5) is 4.61. The Morgan fingerprint density at radius 1 is 1.42 bits per heavy atom. The molecule has 0 bridgehead atoms. The molecular weight excluding hydrogens is 447 g/mol. The Bertz CT molecular complexity index is 652. The number of furan rings is 1. The van der Waals surface area contributed by atoms with Crippen molar-refractivity contribution in [2.24, 2.45) is 10.9 Å². The maximum Gasteiger partial charge on any atom is 0.191 e. The van der Waals surface area contributed by atoms with Crippen LogP contribution in [0.3, 0.4) is 0 Å². The zero-order chi connectivity index (χ0) is 17.3. The van der Waals surface area contributed by atoms with Crippen LogP contribution in [0.2, 0.25) is 0 Å². The lowest BCUT2D eigenvalue weighted by molar-refractivity contribution is 0.186. The molecule has 2 aromatic rings. The molecule has 0 aliphatic carbocycles. The lowest BCUT2D eigenvalue weighted by atomic mass is 10.1. The highest BCUT2D eigenvalue weighted by Crippen LogP contribution is 2.10. The molecule has 8 nitrogen and oxygen atoms in total. The van der Waals surface area contributed by atoms with Gasteiger partial charge in [-0.05, 0) is 18.6 Å². The van der Waals surface area contributed by atoms with Crippen LogP contribution in [0, 0.1) is 5.92 Å². The van der Waals surface area contributed by atoms with Crippen molar-refractivity contribution in [3.8, 4) is 0 Å². The van der Waals surface area contributed by atoms with Crippen LogP contribution < -0.4 is 10.6 Å². The van der Waals surface area contributed by atoms with Gasteiger partial charge in [0.2, 0.25) is 0 Å². The molecule has 0 saturated carbocycles.